The van der Waals surface area contributed by atoms with Crippen LogP contribution in [0, 0.1) is 16.7 Å². The third-order valence-electron chi connectivity index (χ3n) is 5.11. The smallest absolute Gasteiger partial charge is 0.308 e. The van der Waals surface area contributed by atoms with Crippen LogP contribution in [0.15, 0.2) is 111 Å². The number of hydrogen-bond acceptors (Lipinski definition) is 8. The number of Topliss-reactive ketones (excluding diaryl/α,β-unsaturated/α-hetero) is 2. The quantitative estimate of drug-likeness (QED) is 0.0620. The molecule has 0 atom stereocenters. The fourth-order valence-electron chi connectivity index (χ4n) is 3.43. The van der Waals surface area contributed by atoms with Gasteiger partial charge in [-0.3, -0.25) is 19.8 Å². The molecule has 0 aliphatic heterocycles. The van der Waals surface area contributed by atoms with Crippen molar-refractivity contribution in [1.82, 2.24) is 0 Å². The number of ether oxygens (including phenoxy) is 1. The molecule has 0 aliphatic rings. The zero-order chi connectivity index (χ0) is 26.4. The highest BCUT2D eigenvalue weighted by molar-refractivity contribution is 6.15. The normalized spacial score (nSPS) is 11.9. The lowest BCUT2D eigenvalue weighted by molar-refractivity contribution is -0.136. The summed E-state index contributed by atoms with van der Waals surface area (Å²) in [4.78, 5) is 37.2. The number of esters is 1. The van der Waals surface area contributed by atoms with Crippen LogP contribution in [-0.2, 0) is 9.53 Å². The standard InChI is InChI=1S/C29H18N2O6/c1-18(32)35-23(13-22(17-31)29(34)27-15-20-8-3-5-12-25(20)37-27)10-6-9-21(16-30)28(33)26-14-19-7-2-4-11-24(19)36-26/h2-15,30H,1H3/b9-6+,22-13+,23-10-. The van der Waals surface area contributed by atoms with Crippen LogP contribution in [0.5, 0.6) is 0 Å². The fourth-order valence-corrected chi connectivity index (χ4v) is 3.43. The molecule has 180 valence electrons. The molecule has 1 N–H and O–H groups in total. The van der Waals surface area contributed by atoms with E-state index in [4.69, 9.17) is 19.0 Å². The summed E-state index contributed by atoms with van der Waals surface area (Å²) >= 11 is 0. The van der Waals surface area contributed by atoms with E-state index in [1.165, 1.54) is 24.3 Å². The van der Waals surface area contributed by atoms with Crippen molar-refractivity contribution in [2.45, 2.75) is 6.92 Å². The van der Waals surface area contributed by atoms with Crippen molar-refractivity contribution in [2.75, 3.05) is 0 Å². The summed E-state index contributed by atoms with van der Waals surface area (Å²) in [6, 6.07) is 19.0. The summed E-state index contributed by atoms with van der Waals surface area (Å²) in [6.07, 6.45) is 4.96. The highest BCUT2D eigenvalue weighted by Crippen LogP contribution is 2.23. The van der Waals surface area contributed by atoms with Gasteiger partial charge in [-0.2, -0.15) is 5.26 Å². The van der Waals surface area contributed by atoms with Crippen LogP contribution < -0.4 is 0 Å². The predicted molar refractivity (Wildman–Crippen MR) is 135 cm³/mol. The van der Waals surface area contributed by atoms with Crippen molar-refractivity contribution in [3.63, 3.8) is 0 Å². The van der Waals surface area contributed by atoms with Crippen LogP contribution in [0.1, 0.15) is 28.0 Å². The molecule has 2 aromatic heterocycles. The molecule has 0 spiro atoms. The minimum absolute atomic E-state index is 0.0351. The Labute approximate surface area is 210 Å². The van der Waals surface area contributed by atoms with Crippen molar-refractivity contribution in [3.05, 3.63) is 113 Å². The molecule has 0 saturated carbocycles. The summed E-state index contributed by atoms with van der Waals surface area (Å²) in [7, 11) is 0. The summed E-state index contributed by atoms with van der Waals surface area (Å²) < 4.78 is 16.2. The second-order valence-electron chi connectivity index (χ2n) is 7.69. The van der Waals surface area contributed by atoms with E-state index in [2.05, 4.69) is 5.87 Å². The number of fused-ring (bicyclic) bond motifs is 2. The third kappa shape index (κ3) is 5.60. The largest absolute Gasteiger partial charge is 0.453 e. The predicted octanol–water partition coefficient (Wildman–Crippen LogP) is 5.87. The number of nitrogens with zero attached hydrogens (tertiary/aromatic N) is 1. The highest BCUT2D eigenvalue weighted by atomic mass is 16.5. The van der Waals surface area contributed by atoms with Crippen LogP contribution in [-0.4, -0.2) is 23.4 Å². The average molecular weight is 490 g/mol. The van der Waals surface area contributed by atoms with Crippen LogP contribution >= 0.6 is 0 Å². The molecule has 4 aromatic rings. The Morgan fingerprint density at radius 2 is 1.49 bits per heavy atom. The van der Waals surface area contributed by atoms with E-state index in [1.54, 1.807) is 54.6 Å². The van der Waals surface area contributed by atoms with E-state index in [1.807, 2.05) is 6.07 Å². The Kier molecular flexibility index (Phi) is 7.20. The van der Waals surface area contributed by atoms with E-state index in [0.29, 0.717) is 16.6 Å². The van der Waals surface area contributed by atoms with Gasteiger partial charge in [0.15, 0.2) is 11.5 Å². The first-order valence-corrected chi connectivity index (χ1v) is 10.9. The van der Waals surface area contributed by atoms with Crippen molar-refractivity contribution in [2.24, 2.45) is 0 Å². The number of benzene rings is 2. The van der Waals surface area contributed by atoms with Gasteiger partial charge in [0, 0.05) is 23.8 Å². The molecular formula is C29H18N2O6. The summed E-state index contributed by atoms with van der Waals surface area (Å²) in [6.45, 7) is 1.16. The second kappa shape index (κ2) is 10.8. The number of ketones is 2. The van der Waals surface area contributed by atoms with Gasteiger partial charge in [-0.1, -0.05) is 42.5 Å². The van der Waals surface area contributed by atoms with Crippen LogP contribution in [0.25, 0.3) is 21.9 Å². The van der Waals surface area contributed by atoms with Crippen LogP contribution in [0.3, 0.4) is 0 Å². The molecule has 0 aliphatic carbocycles. The Morgan fingerprint density at radius 3 is 2.00 bits per heavy atom. The maximum atomic E-state index is 12.9. The van der Waals surface area contributed by atoms with E-state index in [9.17, 15) is 19.6 Å². The molecule has 4 rings (SSSR count). The molecule has 0 radical (unpaired) electrons. The number of hydrogen-bond donors (Lipinski definition) is 1. The van der Waals surface area contributed by atoms with E-state index < -0.39 is 17.5 Å². The monoisotopic (exact) mass is 490 g/mol. The molecule has 2 aromatic carbocycles. The van der Waals surface area contributed by atoms with Crippen LogP contribution in [0.4, 0.5) is 0 Å². The number of furan rings is 2. The lowest BCUT2D eigenvalue weighted by atomic mass is 10.1. The summed E-state index contributed by atoms with van der Waals surface area (Å²) in [5.41, 5.74) is 0.558. The number of nitriles is 1. The molecule has 8 heteroatoms. The average Bonchev–Trinajstić information content (AvgIpc) is 3.53. The number of para-hydroxylation sites is 2. The Hall–Kier alpha value is -5.51. The Bertz CT molecular complexity index is 1670. The Balaban J connectivity index is 1.60. The number of carbonyl (C=O) groups excluding carboxylic acids is 3. The topological polar surface area (TPSA) is 134 Å². The van der Waals surface area contributed by atoms with E-state index in [0.717, 1.165) is 18.4 Å². The SMILES string of the molecule is CC(=O)OC(=C\C=C\C(=C=N)C(=O)c1cc2ccccc2o1)/C=C(\C#N)C(=O)c1cc2ccccc2o1. The first kappa shape index (κ1) is 24.6. The van der Waals surface area contributed by atoms with Gasteiger partial charge in [0.1, 0.15) is 28.6 Å². The number of rotatable bonds is 8. The van der Waals surface area contributed by atoms with Gasteiger partial charge in [0.2, 0.25) is 11.6 Å². The van der Waals surface area contributed by atoms with E-state index in [-0.39, 0.29) is 28.4 Å². The van der Waals surface area contributed by atoms with Crippen molar-refractivity contribution in [3.8, 4) is 6.07 Å². The molecule has 0 saturated heterocycles. The van der Waals surface area contributed by atoms with E-state index >= 15 is 0 Å². The molecule has 0 unspecified atom stereocenters. The Morgan fingerprint density at radius 1 is 0.919 bits per heavy atom. The number of allylic oxidation sites excluding steroid dienone is 6. The molecule has 8 nitrogen and oxygen atoms in total. The maximum Gasteiger partial charge on any atom is 0.308 e. The maximum absolute atomic E-state index is 12.9. The second-order valence-corrected chi connectivity index (χ2v) is 7.69. The summed E-state index contributed by atoms with van der Waals surface area (Å²) in [5.74, 6) is -0.0347. The molecule has 0 fully saturated rings. The zero-order valence-electron chi connectivity index (χ0n) is 19.5. The number of nitrogens with one attached hydrogen (secondary N) is 1. The van der Waals surface area contributed by atoms with Gasteiger partial charge >= 0.3 is 5.97 Å². The minimum atomic E-state index is -0.694. The first-order chi connectivity index (χ1) is 17.9. The van der Waals surface area contributed by atoms with Gasteiger partial charge in [0.25, 0.3) is 0 Å². The van der Waals surface area contributed by atoms with Crippen molar-refractivity contribution < 1.29 is 28.0 Å². The molecule has 2 heterocycles. The van der Waals surface area contributed by atoms with Gasteiger partial charge < -0.3 is 13.6 Å². The van der Waals surface area contributed by atoms with Crippen molar-refractivity contribution >= 4 is 45.3 Å². The highest BCUT2D eigenvalue weighted by Gasteiger charge is 2.19. The fraction of sp³-hybridized carbons (Fsp3) is 0.0345. The van der Waals surface area contributed by atoms with Gasteiger partial charge in [-0.05, 0) is 42.3 Å². The zero-order valence-corrected chi connectivity index (χ0v) is 19.5. The molecule has 0 bridgehead atoms. The van der Waals surface area contributed by atoms with Gasteiger partial charge in [0.05, 0.1) is 5.57 Å². The lowest BCUT2D eigenvalue weighted by Crippen LogP contribution is -2.03. The molecule has 37 heavy (non-hydrogen) atoms. The van der Waals surface area contributed by atoms with Crippen molar-refractivity contribution in [1.29, 1.82) is 10.7 Å². The number of carbonyl (C=O) groups is 3. The third-order valence-corrected chi connectivity index (χ3v) is 5.11. The first-order valence-electron chi connectivity index (χ1n) is 10.9. The van der Waals surface area contributed by atoms with Crippen LogP contribution in [0.2, 0.25) is 0 Å². The summed E-state index contributed by atoms with van der Waals surface area (Å²) in [5, 5.41) is 18.5. The van der Waals surface area contributed by atoms with Gasteiger partial charge in [-0.15, -0.1) is 0 Å². The lowest BCUT2D eigenvalue weighted by Gasteiger charge is -2.02. The minimum Gasteiger partial charge on any atom is -0.453 e. The van der Waals surface area contributed by atoms with Gasteiger partial charge in [-0.25, -0.2) is 0 Å². The molecule has 0 amide bonds. The molecular weight excluding hydrogens is 472 g/mol.